The second kappa shape index (κ2) is 6.07. The lowest BCUT2D eigenvalue weighted by Gasteiger charge is -2.08. The third-order valence-corrected chi connectivity index (χ3v) is 4.48. The van der Waals surface area contributed by atoms with Crippen molar-refractivity contribution >= 4 is 11.8 Å². The average Bonchev–Trinajstić information content (AvgIpc) is 2.84. The van der Waals surface area contributed by atoms with E-state index in [-0.39, 0.29) is 5.82 Å². The van der Waals surface area contributed by atoms with Crippen molar-refractivity contribution < 1.29 is 4.39 Å². The Morgan fingerprint density at radius 3 is 2.82 bits per heavy atom. The molecule has 1 aliphatic rings. The van der Waals surface area contributed by atoms with Crippen molar-refractivity contribution in [2.45, 2.75) is 31.4 Å². The lowest BCUT2D eigenvalue weighted by atomic mass is 10.1. The molecule has 0 radical (unpaired) electrons. The summed E-state index contributed by atoms with van der Waals surface area (Å²) in [5.74, 6) is 2.43. The molecule has 0 spiro atoms. The lowest BCUT2D eigenvalue weighted by molar-refractivity contribution is 0.614. The Labute approximate surface area is 106 Å². The Morgan fingerprint density at radius 2 is 2.12 bits per heavy atom. The lowest BCUT2D eigenvalue weighted by Crippen LogP contribution is -1.98. The van der Waals surface area contributed by atoms with E-state index in [4.69, 9.17) is 5.26 Å². The van der Waals surface area contributed by atoms with Crippen molar-refractivity contribution in [2.75, 3.05) is 5.75 Å². The molecule has 1 aromatic carbocycles. The first-order chi connectivity index (χ1) is 8.29. The third-order valence-electron chi connectivity index (χ3n) is 3.26. The summed E-state index contributed by atoms with van der Waals surface area (Å²) >= 11 is 1.79. The van der Waals surface area contributed by atoms with E-state index in [0.29, 0.717) is 16.9 Å². The van der Waals surface area contributed by atoms with Gasteiger partial charge in [0.25, 0.3) is 0 Å². The zero-order valence-corrected chi connectivity index (χ0v) is 10.6. The van der Waals surface area contributed by atoms with Crippen LogP contribution in [0.4, 0.5) is 4.39 Å². The van der Waals surface area contributed by atoms with Crippen LogP contribution in [0.1, 0.15) is 36.8 Å². The molecule has 0 aromatic heterocycles. The molecule has 1 nitrogen and oxygen atoms in total. The summed E-state index contributed by atoms with van der Waals surface area (Å²) in [7, 11) is 0. The van der Waals surface area contributed by atoms with E-state index in [1.807, 2.05) is 0 Å². The normalized spacial score (nSPS) is 16.0. The fourth-order valence-corrected chi connectivity index (χ4v) is 3.49. The van der Waals surface area contributed by atoms with Crippen molar-refractivity contribution in [3.8, 4) is 6.07 Å². The molecule has 1 fully saturated rings. The van der Waals surface area contributed by atoms with Crippen LogP contribution in [0, 0.1) is 23.1 Å². The highest BCUT2D eigenvalue weighted by atomic mass is 32.2. The summed E-state index contributed by atoms with van der Waals surface area (Å²) in [5.41, 5.74) is 1.20. The summed E-state index contributed by atoms with van der Waals surface area (Å²) in [4.78, 5) is 0. The minimum atomic E-state index is -0.192. The molecule has 0 bridgehead atoms. The summed E-state index contributed by atoms with van der Waals surface area (Å²) in [6.07, 6.45) is 5.36. The van der Waals surface area contributed by atoms with E-state index in [2.05, 4.69) is 6.07 Å². The zero-order chi connectivity index (χ0) is 12.1. The van der Waals surface area contributed by atoms with E-state index >= 15 is 0 Å². The highest BCUT2D eigenvalue weighted by molar-refractivity contribution is 7.98. The van der Waals surface area contributed by atoms with Crippen LogP contribution in [-0.2, 0) is 5.75 Å². The fraction of sp³-hybridized carbons (Fsp3) is 0.500. The van der Waals surface area contributed by atoms with Gasteiger partial charge in [-0.3, -0.25) is 0 Å². The predicted octanol–water partition coefficient (Wildman–Crippen LogP) is 4.12. The highest BCUT2D eigenvalue weighted by Crippen LogP contribution is 2.29. The van der Waals surface area contributed by atoms with Crippen molar-refractivity contribution in [3.63, 3.8) is 0 Å². The Kier molecular flexibility index (Phi) is 4.44. The van der Waals surface area contributed by atoms with Crippen molar-refractivity contribution in [1.82, 2.24) is 0 Å². The van der Waals surface area contributed by atoms with Gasteiger partial charge in [-0.05, 0) is 48.3 Å². The monoisotopic (exact) mass is 249 g/mol. The Morgan fingerprint density at radius 1 is 1.35 bits per heavy atom. The number of nitriles is 1. The topological polar surface area (TPSA) is 23.8 Å². The van der Waals surface area contributed by atoms with E-state index in [9.17, 15) is 4.39 Å². The largest absolute Gasteiger partial charge is 0.207 e. The van der Waals surface area contributed by atoms with Crippen LogP contribution >= 0.6 is 11.8 Å². The molecule has 0 amide bonds. The number of hydrogen-bond acceptors (Lipinski definition) is 2. The van der Waals surface area contributed by atoms with Crippen molar-refractivity contribution in [3.05, 3.63) is 35.1 Å². The fourth-order valence-electron chi connectivity index (χ4n) is 2.27. The molecular weight excluding hydrogens is 233 g/mol. The van der Waals surface area contributed by atoms with Gasteiger partial charge >= 0.3 is 0 Å². The average molecular weight is 249 g/mol. The Bertz CT molecular complexity index is 419. The van der Waals surface area contributed by atoms with Crippen LogP contribution in [0.3, 0.4) is 0 Å². The van der Waals surface area contributed by atoms with Crippen LogP contribution in [0.15, 0.2) is 18.2 Å². The molecule has 0 aliphatic heterocycles. The second-order valence-electron chi connectivity index (χ2n) is 4.58. The molecule has 0 saturated heterocycles. The molecule has 3 heteroatoms. The molecule has 17 heavy (non-hydrogen) atoms. The van der Waals surface area contributed by atoms with Crippen LogP contribution in [-0.4, -0.2) is 5.75 Å². The molecule has 0 N–H and O–H groups in total. The van der Waals surface area contributed by atoms with Crippen molar-refractivity contribution in [2.24, 2.45) is 5.92 Å². The van der Waals surface area contributed by atoms with Gasteiger partial charge in [-0.2, -0.15) is 17.0 Å². The minimum absolute atomic E-state index is 0.192. The second-order valence-corrected chi connectivity index (χ2v) is 5.61. The SMILES string of the molecule is N#Cc1ccc(F)c(CSCC2CCCC2)c1. The predicted molar refractivity (Wildman–Crippen MR) is 69.2 cm³/mol. The maximum Gasteiger partial charge on any atom is 0.127 e. The summed E-state index contributed by atoms with van der Waals surface area (Å²) in [6.45, 7) is 0. The number of rotatable bonds is 4. The first-order valence-corrected chi connectivity index (χ1v) is 7.21. The molecule has 0 unspecified atom stereocenters. The highest BCUT2D eigenvalue weighted by Gasteiger charge is 2.15. The molecule has 1 aliphatic carbocycles. The van der Waals surface area contributed by atoms with Crippen LogP contribution in [0.2, 0.25) is 0 Å². The molecule has 2 rings (SSSR count). The van der Waals surface area contributed by atoms with Crippen molar-refractivity contribution in [1.29, 1.82) is 5.26 Å². The van der Waals surface area contributed by atoms with Gasteiger partial charge < -0.3 is 0 Å². The van der Waals surface area contributed by atoms with Gasteiger partial charge in [0, 0.05) is 5.75 Å². The quantitative estimate of drug-likeness (QED) is 0.801. The number of thioether (sulfide) groups is 1. The van der Waals surface area contributed by atoms with Crippen LogP contribution < -0.4 is 0 Å². The number of halogens is 1. The first-order valence-electron chi connectivity index (χ1n) is 6.06. The summed E-state index contributed by atoms with van der Waals surface area (Å²) < 4.78 is 13.5. The maximum atomic E-state index is 13.5. The first kappa shape index (κ1) is 12.4. The molecule has 0 atom stereocenters. The molecule has 1 aromatic rings. The van der Waals surface area contributed by atoms with Gasteiger partial charge in [0.05, 0.1) is 11.6 Å². The van der Waals surface area contributed by atoms with E-state index in [0.717, 1.165) is 11.7 Å². The molecule has 1 saturated carbocycles. The maximum absolute atomic E-state index is 13.5. The Hall–Kier alpha value is -1.01. The molecule has 90 valence electrons. The molecule has 0 heterocycles. The Balaban J connectivity index is 1.87. The van der Waals surface area contributed by atoms with Gasteiger partial charge in [0.1, 0.15) is 5.82 Å². The molecular formula is C14H16FNS. The third kappa shape index (κ3) is 3.47. The smallest absolute Gasteiger partial charge is 0.127 e. The van der Waals surface area contributed by atoms with E-state index in [1.165, 1.54) is 37.8 Å². The van der Waals surface area contributed by atoms with Gasteiger partial charge in [-0.15, -0.1) is 0 Å². The van der Waals surface area contributed by atoms with E-state index < -0.39 is 0 Å². The number of hydrogen-bond donors (Lipinski definition) is 0. The van der Waals surface area contributed by atoms with E-state index in [1.54, 1.807) is 17.8 Å². The van der Waals surface area contributed by atoms with Gasteiger partial charge in [0.15, 0.2) is 0 Å². The van der Waals surface area contributed by atoms with Crippen LogP contribution in [0.25, 0.3) is 0 Å². The summed E-state index contributed by atoms with van der Waals surface area (Å²) in [6, 6.07) is 6.63. The summed E-state index contributed by atoms with van der Waals surface area (Å²) in [5, 5.41) is 8.77. The standard InChI is InChI=1S/C14H16FNS/c15-14-6-5-12(8-16)7-13(14)10-17-9-11-3-1-2-4-11/h5-7,11H,1-4,9-10H2. The van der Waals surface area contributed by atoms with Gasteiger partial charge in [-0.25, -0.2) is 4.39 Å². The van der Waals surface area contributed by atoms with Gasteiger partial charge in [-0.1, -0.05) is 12.8 Å². The van der Waals surface area contributed by atoms with Crippen LogP contribution in [0.5, 0.6) is 0 Å². The number of benzene rings is 1. The zero-order valence-electron chi connectivity index (χ0n) is 9.79. The minimum Gasteiger partial charge on any atom is -0.207 e. The van der Waals surface area contributed by atoms with Gasteiger partial charge in [0.2, 0.25) is 0 Å². The number of nitrogens with zero attached hydrogens (tertiary/aromatic N) is 1.